The quantitative estimate of drug-likeness (QED) is 0.914. The monoisotopic (exact) mass is 310 g/mol. The minimum atomic E-state index is -1.24. The zero-order valence-corrected chi connectivity index (χ0v) is 11.2. The predicted octanol–water partition coefficient (Wildman–Crippen LogP) is 2.97. The molecule has 21 heavy (non-hydrogen) atoms. The van der Waals surface area contributed by atoms with Gasteiger partial charge in [0.05, 0.1) is 16.1 Å². The van der Waals surface area contributed by atoms with Crippen LogP contribution >= 0.6 is 11.6 Å². The molecule has 0 spiro atoms. The van der Waals surface area contributed by atoms with Crippen LogP contribution in [0.3, 0.4) is 0 Å². The van der Waals surface area contributed by atoms with Crippen molar-refractivity contribution in [2.45, 2.75) is 0 Å². The van der Waals surface area contributed by atoms with Gasteiger partial charge in [-0.1, -0.05) is 17.7 Å². The number of rotatable bonds is 3. The number of hydrogen-bond donors (Lipinski definition) is 2. The van der Waals surface area contributed by atoms with Gasteiger partial charge in [0.25, 0.3) is 5.91 Å². The largest absolute Gasteiger partial charge is 0.366 e. The molecule has 0 radical (unpaired) electrons. The van der Waals surface area contributed by atoms with Gasteiger partial charge >= 0.3 is 0 Å². The molecule has 0 heterocycles. The van der Waals surface area contributed by atoms with E-state index in [4.69, 9.17) is 17.3 Å². The molecule has 0 unspecified atom stereocenters. The average Bonchev–Trinajstić information content (AvgIpc) is 2.41. The fourth-order valence-corrected chi connectivity index (χ4v) is 1.94. The molecule has 2 amide bonds. The zero-order valence-electron chi connectivity index (χ0n) is 10.5. The molecule has 2 aromatic rings. The Balaban J connectivity index is 2.26. The zero-order chi connectivity index (χ0) is 15.6. The number of nitrogens with two attached hydrogens (primary N) is 1. The van der Waals surface area contributed by atoms with Gasteiger partial charge in [0.2, 0.25) is 5.91 Å². The third kappa shape index (κ3) is 3.17. The molecule has 4 nitrogen and oxygen atoms in total. The Labute approximate surface area is 123 Å². The molecule has 0 bridgehead atoms. The first-order valence-corrected chi connectivity index (χ1v) is 6.12. The topological polar surface area (TPSA) is 72.2 Å². The second-order valence-electron chi connectivity index (χ2n) is 4.11. The predicted molar refractivity (Wildman–Crippen MR) is 74.3 cm³/mol. The number of primary amides is 1. The van der Waals surface area contributed by atoms with Crippen molar-refractivity contribution in [3.63, 3.8) is 0 Å². The van der Waals surface area contributed by atoms with Crippen LogP contribution in [0.4, 0.5) is 14.5 Å². The summed E-state index contributed by atoms with van der Waals surface area (Å²) < 4.78 is 26.5. The Morgan fingerprint density at radius 3 is 2.43 bits per heavy atom. The molecule has 7 heteroatoms. The molecule has 0 aliphatic heterocycles. The maximum absolute atomic E-state index is 13.5. The minimum Gasteiger partial charge on any atom is -0.366 e. The van der Waals surface area contributed by atoms with E-state index in [-0.39, 0.29) is 16.3 Å². The number of halogens is 3. The lowest BCUT2D eigenvalue weighted by Crippen LogP contribution is -2.15. The van der Waals surface area contributed by atoms with E-state index < -0.39 is 29.0 Å². The first-order chi connectivity index (χ1) is 9.90. The number of carbonyl (C=O) groups is 2. The van der Waals surface area contributed by atoms with E-state index in [1.54, 1.807) is 0 Å². The van der Waals surface area contributed by atoms with Crippen molar-refractivity contribution in [2.75, 3.05) is 5.32 Å². The normalized spacial score (nSPS) is 10.2. The number of hydrogen-bond acceptors (Lipinski definition) is 2. The van der Waals surface area contributed by atoms with Gasteiger partial charge in [-0.2, -0.15) is 0 Å². The molecule has 0 saturated heterocycles. The maximum atomic E-state index is 13.5. The van der Waals surface area contributed by atoms with Crippen LogP contribution in [-0.2, 0) is 0 Å². The Kier molecular flexibility index (Phi) is 4.18. The lowest BCUT2D eigenvalue weighted by atomic mass is 10.1. The summed E-state index contributed by atoms with van der Waals surface area (Å²) in [5.74, 6) is -3.91. The smallest absolute Gasteiger partial charge is 0.258 e. The highest BCUT2D eigenvalue weighted by Gasteiger charge is 2.16. The first kappa shape index (κ1) is 14.9. The van der Waals surface area contributed by atoms with Crippen LogP contribution in [0.15, 0.2) is 36.4 Å². The van der Waals surface area contributed by atoms with E-state index in [9.17, 15) is 18.4 Å². The van der Waals surface area contributed by atoms with E-state index >= 15 is 0 Å². The SMILES string of the molecule is NC(=O)c1ccc(NC(=O)c2cccc(F)c2F)cc1Cl. The highest BCUT2D eigenvalue weighted by atomic mass is 35.5. The number of amides is 2. The van der Waals surface area contributed by atoms with Gasteiger partial charge in [-0.3, -0.25) is 9.59 Å². The van der Waals surface area contributed by atoms with Gasteiger partial charge in [0.15, 0.2) is 11.6 Å². The van der Waals surface area contributed by atoms with Crippen LogP contribution in [-0.4, -0.2) is 11.8 Å². The second-order valence-corrected chi connectivity index (χ2v) is 4.52. The summed E-state index contributed by atoms with van der Waals surface area (Å²) in [6.45, 7) is 0. The molecule has 0 fully saturated rings. The van der Waals surface area contributed by atoms with E-state index in [2.05, 4.69) is 5.32 Å². The molecule has 0 aliphatic carbocycles. The summed E-state index contributed by atoms with van der Waals surface area (Å²) in [6.07, 6.45) is 0. The molecule has 0 aromatic heterocycles. The molecular formula is C14H9ClF2N2O2. The van der Waals surface area contributed by atoms with Crippen LogP contribution < -0.4 is 11.1 Å². The first-order valence-electron chi connectivity index (χ1n) is 5.75. The van der Waals surface area contributed by atoms with Crippen LogP contribution in [0.25, 0.3) is 0 Å². The van der Waals surface area contributed by atoms with Crippen molar-refractivity contribution in [1.82, 2.24) is 0 Å². The van der Waals surface area contributed by atoms with Gasteiger partial charge in [0, 0.05) is 5.69 Å². The van der Waals surface area contributed by atoms with Gasteiger partial charge in [-0.15, -0.1) is 0 Å². The lowest BCUT2D eigenvalue weighted by Gasteiger charge is -2.08. The highest BCUT2D eigenvalue weighted by Crippen LogP contribution is 2.21. The van der Waals surface area contributed by atoms with Crippen LogP contribution in [0.2, 0.25) is 5.02 Å². The van der Waals surface area contributed by atoms with E-state index in [0.717, 1.165) is 12.1 Å². The fraction of sp³-hybridized carbons (Fsp3) is 0. The summed E-state index contributed by atoms with van der Waals surface area (Å²) in [5, 5.41) is 2.39. The summed E-state index contributed by atoms with van der Waals surface area (Å²) in [7, 11) is 0. The van der Waals surface area contributed by atoms with Crippen molar-refractivity contribution >= 4 is 29.1 Å². The molecular weight excluding hydrogens is 302 g/mol. The Bertz CT molecular complexity index is 735. The third-order valence-corrected chi connectivity index (χ3v) is 3.00. The van der Waals surface area contributed by atoms with E-state index in [0.29, 0.717) is 0 Å². The summed E-state index contributed by atoms with van der Waals surface area (Å²) >= 11 is 5.82. The fourth-order valence-electron chi connectivity index (χ4n) is 1.67. The Morgan fingerprint density at radius 2 is 1.81 bits per heavy atom. The number of carbonyl (C=O) groups excluding carboxylic acids is 2. The van der Waals surface area contributed by atoms with Crippen LogP contribution in [0, 0.1) is 11.6 Å². The van der Waals surface area contributed by atoms with Crippen molar-refractivity contribution in [1.29, 1.82) is 0 Å². The summed E-state index contributed by atoms with van der Waals surface area (Å²) in [5.41, 5.74) is 4.96. The van der Waals surface area contributed by atoms with Gasteiger partial charge in [-0.05, 0) is 30.3 Å². The van der Waals surface area contributed by atoms with Crippen molar-refractivity contribution in [3.05, 3.63) is 64.2 Å². The van der Waals surface area contributed by atoms with Crippen molar-refractivity contribution < 1.29 is 18.4 Å². The number of nitrogens with one attached hydrogen (secondary N) is 1. The van der Waals surface area contributed by atoms with Gasteiger partial charge in [-0.25, -0.2) is 8.78 Å². The van der Waals surface area contributed by atoms with Crippen LogP contribution in [0.5, 0.6) is 0 Å². The molecule has 0 aliphatic rings. The Hall–Kier alpha value is -2.47. The van der Waals surface area contributed by atoms with Gasteiger partial charge < -0.3 is 11.1 Å². The third-order valence-electron chi connectivity index (χ3n) is 2.69. The molecule has 3 N–H and O–H groups in total. The molecule has 2 aromatic carbocycles. The maximum Gasteiger partial charge on any atom is 0.258 e. The average molecular weight is 311 g/mol. The van der Waals surface area contributed by atoms with E-state index in [1.165, 1.54) is 24.3 Å². The van der Waals surface area contributed by atoms with Gasteiger partial charge in [0.1, 0.15) is 0 Å². The number of anilines is 1. The molecule has 0 saturated carbocycles. The molecule has 0 atom stereocenters. The Morgan fingerprint density at radius 1 is 1.10 bits per heavy atom. The summed E-state index contributed by atoms with van der Waals surface area (Å²) in [6, 6.07) is 7.26. The van der Waals surface area contributed by atoms with E-state index in [1.807, 2.05) is 0 Å². The van der Waals surface area contributed by atoms with Crippen molar-refractivity contribution in [3.8, 4) is 0 Å². The minimum absolute atomic E-state index is 0.0417. The highest BCUT2D eigenvalue weighted by molar-refractivity contribution is 6.34. The van der Waals surface area contributed by atoms with Crippen LogP contribution in [0.1, 0.15) is 20.7 Å². The second kappa shape index (κ2) is 5.88. The van der Waals surface area contributed by atoms with Crippen molar-refractivity contribution in [2.24, 2.45) is 5.73 Å². The lowest BCUT2D eigenvalue weighted by molar-refractivity contribution is 0.0998. The molecule has 2 rings (SSSR count). The molecule has 108 valence electrons. The number of benzene rings is 2. The standard InChI is InChI=1S/C14H9ClF2N2O2/c15-10-6-7(4-5-8(10)13(18)20)19-14(21)9-2-1-3-11(16)12(9)17/h1-6H,(H2,18,20)(H,19,21). The summed E-state index contributed by atoms with van der Waals surface area (Å²) in [4.78, 5) is 22.9.